The van der Waals surface area contributed by atoms with Crippen molar-refractivity contribution in [2.24, 2.45) is 0 Å². The van der Waals surface area contributed by atoms with Crippen LogP contribution in [0.1, 0.15) is 24.3 Å². The second-order valence-corrected chi connectivity index (χ2v) is 5.08. The summed E-state index contributed by atoms with van der Waals surface area (Å²) in [4.78, 5) is 0. The Balaban J connectivity index is 2.08. The Morgan fingerprint density at radius 3 is 2.75 bits per heavy atom. The van der Waals surface area contributed by atoms with E-state index >= 15 is 0 Å². The fraction of sp³-hybridized carbons (Fsp3) is 0.556. The first-order chi connectivity index (χ1) is 5.86. The standard InChI is InChI=1S/C9H11BrOS/c10-9-5-8(6-11-9)7-1-3-12-4-2-7/h5-7H,1-4H2. The van der Waals surface area contributed by atoms with Crippen molar-refractivity contribution in [1.29, 1.82) is 0 Å². The van der Waals surface area contributed by atoms with Crippen LogP contribution in [-0.2, 0) is 0 Å². The molecule has 0 N–H and O–H groups in total. The zero-order valence-electron chi connectivity index (χ0n) is 6.75. The molecular formula is C9H11BrOS. The van der Waals surface area contributed by atoms with Crippen molar-refractivity contribution in [1.82, 2.24) is 0 Å². The number of hydrogen-bond donors (Lipinski definition) is 0. The maximum atomic E-state index is 5.23. The van der Waals surface area contributed by atoms with E-state index in [-0.39, 0.29) is 0 Å². The summed E-state index contributed by atoms with van der Waals surface area (Å²) < 4.78 is 6.08. The zero-order valence-corrected chi connectivity index (χ0v) is 9.16. The Hall–Kier alpha value is 0.110. The highest BCUT2D eigenvalue weighted by Crippen LogP contribution is 2.33. The lowest BCUT2D eigenvalue weighted by atomic mass is 9.96. The molecule has 66 valence electrons. The van der Waals surface area contributed by atoms with Crippen LogP contribution in [0.25, 0.3) is 0 Å². The normalized spacial score (nSPS) is 19.8. The number of halogens is 1. The Morgan fingerprint density at radius 1 is 1.42 bits per heavy atom. The van der Waals surface area contributed by atoms with Crippen molar-refractivity contribution in [2.45, 2.75) is 18.8 Å². The molecule has 12 heavy (non-hydrogen) atoms. The monoisotopic (exact) mass is 246 g/mol. The van der Waals surface area contributed by atoms with Crippen molar-refractivity contribution < 1.29 is 4.42 Å². The molecule has 1 aliphatic rings. The molecule has 0 radical (unpaired) electrons. The van der Waals surface area contributed by atoms with Gasteiger partial charge < -0.3 is 4.42 Å². The van der Waals surface area contributed by atoms with Gasteiger partial charge in [-0.1, -0.05) is 0 Å². The Labute approximate surface area is 85.0 Å². The SMILES string of the molecule is Brc1cc(C2CCSCC2)co1. The molecule has 1 aromatic heterocycles. The Bertz CT molecular complexity index is 253. The molecule has 1 aliphatic heterocycles. The first kappa shape index (κ1) is 8.70. The summed E-state index contributed by atoms with van der Waals surface area (Å²) in [6.45, 7) is 0. The van der Waals surface area contributed by atoms with E-state index in [0.717, 1.165) is 10.6 Å². The summed E-state index contributed by atoms with van der Waals surface area (Å²) in [6.07, 6.45) is 4.48. The lowest BCUT2D eigenvalue weighted by molar-refractivity contribution is 0.531. The van der Waals surface area contributed by atoms with Gasteiger partial charge in [-0.3, -0.25) is 0 Å². The molecule has 2 heterocycles. The number of hydrogen-bond acceptors (Lipinski definition) is 2. The number of rotatable bonds is 1. The predicted molar refractivity (Wildman–Crippen MR) is 55.7 cm³/mol. The van der Waals surface area contributed by atoms with Crippen LogP contribution in [0.5, 0.6) is 0 Å². The van der Waals surface area contributed by atoms with E-state index in [1.807, 2.05) is 6.26 Å². The first-order valence-electron chi connectivity index (χ1n) is 4.18. The minimum absolute atomic E-state index is 0.737. The molecule has 0 aliphatic carbocycles. The van der Waals surface area contributed by atoms with E-state index in [1.165, 1.54) is 29.9 Å². The molecule has 1 saturated heterocycles. The smallest absolute Gasteiger partial charge is 0.169 e. The molecule has 0 atom stereocenters. The number of furan rings is 1. The molecule has 0 bridgehead atoms. The summed E-state index contributed by atoms with van der Waals surface area (Å²) in [5.41, 5.74) is 1.36. The van der Waals surface area contributed by atoms with E-state index in [2.05, 4.69) is 33.8 Å². The minimum Gasteiger partial charge on any atom is -0.457 e. The molecule has 0 aromatic carbocycles. The van der Waals surface area contributed by atoms with E-state index in [1.54, 1.807) is 0 Å². The maximum absolute atomic E-state index is 5.23. The van der Waals surface area contributed by atoms with Gasteiger partial charge in [0, 0.05) is 0 Å². The predicted octanol–water partition coefficient (Wildman–Crippen LogP) is 3.65. The van der Waals surface area contributed by atoms with Crippen LogP contribution in [0.15, 0.2) is 21.4 Å². The summed E-state index contributed by atoms with van der Waals surface area (Å²) in [5, 5.41) is 0. The van der Waals surface area contributed by atoms with Crippen LogP contribution >= 0.6 is 27.7 Å². The van der Waals surface area contributed by atoms with Crippen LogP contribution in [0.3, 0.4) is 0 Å². The van der Waals surface area contributed by atoms with E-state index < -0.39 is 0 Å². The van der Waals surface area contributed by atoms with Crippen molar-refractivity contribution in [3.63, 3.8) is 0 Å². The minimum atomic E-state index is 0.737. The van der Waals surface area contributed by atoms with Crippen molar-refractivity contribution in [3.05, 3.63) is 22.6 Å². The average molecular weight is 247 g/mol. The molecule has 0 saturated carbocycles. The quantitative estimate of drug-likeness (QED) is 0.751. The third-order valence-corrected chi connectivity index (χ3v) is 3.75. The second-order valence-electron chi connectivity index (χ2n) is 3.07. The van der Waals surface area contributed by atoms with Gasteiger partial charge >= 0.3 is 0 Å². The van der Waals surface area contributed by atoms with Gasteiger partial charge in [0.2, 0.25) is 0 Å². The Kier molecular flexibility index (Phi) is 2.81. The average Bonchev–Trinajstić information content (AvgIpc) is 2.54. The third-order valence-electron chi connectivity index (χ3n) is 2.28. The van der Waals surface area contributed by atoms with Gasteiger partial charge in [0.1, 0.15) is 0 Å². The van der Waals surface area contributed by atoms with Crippen molar-refractivity contribution >= 4 is 27.7 Å². The van der Waals surface area contributed by atoms with Crippen LogP contribution in [0.4, 0.5) is 0 Å². The lowest BCUT2D eigenvalue weighted by Crippen LogP contribution is -2.06. The maximum Gasteiger partial charge on any atom is 0.169 e. The van der Waals surface area contributed by atoms with Gasteiger partial charge in [0.25, 0.3) is 0 Å². The summed E-state index contributed by atoms with van der Waals surface area (Å²) in [5.74, 6) is 3.34. The van der Waals surface area contributed by atoms with Crippen LogP contribution in [0.2, 0.25) is 0 Å². The molecule has 0 amide bonds. The highest BCUT2D eigenvalue weighted by molar-refractivity contribution is 9.10. The summed E-state index contributed by atoms with van der Waals surface area (Å²) in [7, 11) is 0. The van der Waals surface area contributed by atoms with Crippen LogP contribution < -0.4 is 0 Å². The van der Waals surface area contributed by atoms with E-state index in [9.17, 15) is 0 Å². The Morgan fingerprint density at radius 2 is 2.17 bits per heavy atom. The van der Waals surface area contributed by atoms with E-state index in [0.29, 0.717) is 0 Å². The molecule has 1 aromatic rings. The molecule has 0 unspecified atom stereocenters. The molecular weight excluding hydrogens is 236 g/mol. The molecule has 1 nitrogen and oxygen atoms in total. The van der Waals surface area contributed by atoms with Gasteiger partial charge in [-0.25, -0.2) is 0 Å². The lowest BCUT2D eigenvalue weighted by Gasteiger charge is -2.19. The van der Waals surface area contributed by atoms with Gasteiger partial charge in [-0.05, 0) is 57.8 Å². The van der Waals surface area contributed by atoms with Gasteiger partial charge in [-0.15, -0.1) is 0 Å². The first-order valence-corrected chi connectivity index (χ1v) is 6.13. The molecule has 2 rings (SSSR count). The fourth-order valence-corrected chi connectivity index (χ4v) is 3.03. The summed E-state index contributed by atoms with van der Waals surface area (Å²) in [6, 6.07) is 2.10. The molecule has 3 heteroatoms. The van der Waals surface area contributed by atoms with Crippen molar-refractivity contribution in [3.8, 4) is 0 Å². The van der Waals surface area contributed by atoms with Crippen molar-refractivity contribution in [2.75, 3.05) is 11.5 Å². The van der Waals surface area contributed by atoms with Crippen LogP contribution in [-0.4, -0.2) is 11.5 Å². The third kappa shape index (κ3) is 1.88. The van der Waals surface area contributed by atoms with Gasteiger partial charge in [-0.2, -0.15) is 11.8 Å². The van der Waals surface area contributed by atoms with Crippen LogP contribution in [0, 0.1) is 0 Å². The van der Waals surface area contributed by atoms with E-state index in [4.69, 9.17) is 4.42 Å². The summed E-state index contributed by atoms with van der Waals surface area (Å²) >= 11 is 5.38. The zero-order chi connectivity index (χ0) is 8.39. The molecule has 1 fully saturated rings. The highest BCUT2D eigenvalue weighted by atomic mass is 79.9. The van der Waals surface area contributed by atoms with Gasteiger partial charge in [0.15, 0.2) is 4.67 Å². The second kappa shape index (κ2) is 3.88. The number of thioether (sulfide) groups is 1. The van der Waals surface area contributed by atoms with Gasteiger partial charge in [0.05, 0.1) is 6.26 Å². The fourth-order valence-electron chi connectivity index (χ4n) is 1.57. The highest BCUT2D eigenvalue weighted by Gasteiger charge is 2.17. The topological polar surface area (TPSA) is 13.1 Å². The molecule has 0 spiro atoms. The largest absolute Gasteiger partial charge is 0.457 e.